The number of carbonyl (C=O) groups excluding carboxylic acids is 2. The Hall–Kier alpha value is -2.93. The van der Waals surface area contributed by atoms with E-state index >= 15 is 0 Å². The molecule has 2 aromatic rings. The molecule has 7 heteroatoms. The lowest BCUT2D eigenvalue weighted by Crippen LogP contribution is -2.34. The molecule has 158 valence electrons. The number of thiocarbonyl (C=S) groups is 1. The monoisotopic (exact) mass is 425 g/mol. The predicted molar refractivity (Wildman–Crippen MR) is 123 cm³/mol. The molecular formula is C23H27N3O3S. The average molecular weight is 426 g/mol. The minimum absolute atomic E-state index is 0.0469. The number of anilines is 2. The van der Waals surface area contributed by atoms with E-state index in [0.717, 1.165) is 30.5 Å². The molecule has 30 heavy (non-hydrogen) atoms. The highest BCUT2D eigenvalue weighted by Gasteiger charge is 2.29. The van der Waals surface area contributed by atoms with Gasteiger partial charge < -0.3 is 15.4 Å². The zero-order valence-corrected chi connectivity index (χ0v) is 18.3. The Balaban J connectivity index is 1.60. The van der Waals surface area contributed by atoms with Crippen molar-refractivity contribution in [2.75, 3.05) is 10.6 Å². The summed E-state index contributed by atoms with van der Waals surface area (Å²) in [5.41, 5.74) is 2.84. The van der Waals surface area contributed by atoms with Crippen molar-refractivity contribution in [1.29, 1.82) is 0 Å². The van der Waals surface area contributed by atoms with E-state index in [0.29, 0.717) is 17.0 Å². The van der Waals surface area contributed by atoms with Crippen LogP contribution < -0.4 is 20.7 Å². The summed E-state index contributed by atoms with van der Waals surface area (Å²) in [6.45, 7) is 5.95. The standard InChI is InChI=1S/C23H27N3O3S/c1-4-15(3)29-19-7-5-6-17(12-19)22(28)26-23(30)24-18-11-8-14(2)20(13-18)25-21(27)16-9-10-16/h5-8,11-13,15-16H,4,9-10H2,1-3H3,(H,25,27)(H2,24,26,28,30). The van der Waals surface area contributed by atoms with Crippen molar-refractivity contribution in [2.24, 2.45) is 5.92 Å². The van der Waals surface area contributed by atoms with Gasteiger partial charge in [0.2, 0.25) is 5.91 Å². The van der Waals surface area contributed by atoms with Crippen LogP contribution in [0.1, 0.15) is 49.0 Å². The largest absolute Gasteiger partial charge is 0.491 e. The third kappa shape index (κ3) is 6.03. The summed E-state index contributed by atoms with van der Waals surface area (Å²) in [7, 11) is 0. The molecule has 1 atom stereocenters. The highest BCUT2D eigenvalue weighted by molar-refractivity contribution is 7.80. The minimum Gasteiger partial charge on any atom is -0.491 e. The molecule has 0 heterocycles. The molecule has 0 saturated heterocycles. The number of nitrogens with one attached hydrogen (secondary N) is 3. The molecule has 3 rings (SSSR count). The van der Waals surface area contributed by atoms with E-state index in [1.54, 1.807) is 18.2 Å². The highest BCUT2D eigenvalue weighted by Crippen LogP contribution is 2.31. The molecule has 2 aromatic carbocycles. The number of ether oxygens (including phenoxy) is 1. The molecule has 0 aromatic heterocycles. The molecule has 0 aliphatic heterocycles. The van der Waals surface area contributed by atoms with Crippen LogP contribution in [0.25, 0.3) is 0 Å². The Labute approximate surface area is 182 Å². The predicted octanol–water partition coefficient (Wildman–Crippen LogP) is 4.65. The number of hydrogen-bond acceptors (Lipinski definition) is 4. The lowest BCUT2D eigenvalue weighted by Gasteiger charge is -2.14. The van der Waals surface area contributed by atoms with Crippen molar-refractivity contribution in [3.63, 3.8) is 0 Å². The van der Waals surface area contributed by atoms with Gasteiger partial charge in [-0.25, -0.2) is 0 Å². The fraction of sp³-hybridized carbons (Fsp3) is 0.348. The zero-order valence-electron chi connectivity index (χ0n) is 17.5. The molecule has 0 radical (unpaired) electrons. The number of aryl methyl sites for hydroxylation is 1. The fourth-order valence-electron chi connectivity index (χ4n) is 2.78. The van der Waals surface area contributed by atoms with E-state index in [2.05, 4.69) is 16.0 Å². The molecule has 1 aliphatic carbocycles. The maximum absolute atomic E-state index is 12.6. The minimum atomic E-state index is -0.323. The van der Waals surface area contributed by atoms with Crippen molar-refractivity contribution in [1.82, 2.24) is 5.32 Å². The van der Waals surface area contributed by atoms with Crippen LogP contribution in [0.15, 0.2) is 42.5 Å². The van der Waals surface area contributed by atoms with Crippen LogP contribution in [-0.2, 0) is 4.79 Å². The van der Waals surface area contributed by atoms with Gasteiger partial charge in [0.05, 0.1) is 6.10 Å². The maximum atomic E-state index is 12.6. The lowest BCUT2D eigenvalue weighted by molar-refractivity contribution is -0.117. The summed E-state index contributed by atoms with van der Waals surface area (Å²) in [6.07, 6.45) is 2.84. The first-order valence-corrected chi connectivity index (χ1v) is 10.6. The van der Waals surface area contributed by atoms with Crippen molar-refractivity contribution < 1.29 is 14.3 Å². The van der Waals surface area contributed by atoms with Gasteiger partial charge in [-0.2, -0.15) is 0 Å². The van der Waals surface area contributed by atoms with Crippen LogP contribution in [0.5, 0.6) is 5.75 Å². The van der Waals surface area contributed by atoms with Gasteiger partial charge in [-0.05, 0) is 81.2 Å². The zero-order chi connectivity index (χ0) is 21.7. The molecule has 1 fully saturated rings. The lowest BCUT2D eigenvalue weighted by atomic mass is 10.1. The molecular weight excluding hydrogens is 398 g/mol. The number of carbonyl (C=O) groups is 2. The molecule has 0 bridgehead atoms. The third-order valence-corrected chi connectivity index (χ3v) is 5.14. The van der Waals surface area contributed by atoms with E-state index < -0.39 is 0 Å². The first-order valence-electron chi connectivity index (χ1n) is 10.2. The molecule has 0 spiro atoms. The summed E-state index contributed by atoms with van der Waals surface area (Å²) < 4.78 is 5.77. The molecule has 6 nitrogen and oxygen atoms in total. The normalized spacial score (nSPS) is 13.8. The van der Waals surface area contributed by atoms with E-state index in [1.165, 1.54) is 0 Å². The number of rotatable bonds is 7. The van der Waals surface area contributed by atoms with Gasteiger partial charge in [-0.3, -0.25) is 14.9 Å². The first kappa shape index (κ1) is 21.8. The van der Waals surface area contributed by atoms with Crippen LogP contribution >= 0.6 is 12.2 Å². The quantitative estimate of drug-likeness (QED) is 0.563. The second-order valence-electron chi connectivity index (χ2n) is 7.57. The average Bonchev–Trinajstić information content (AvgIpc) is 3.56. The van der Waals surface area contributed by atoms with Gasteiger partial charge in [0, 0.05) is 22.9 Å². The summed E-state index contributed by atoms with van der Waals surface area (Å²) in [5.74, 6) is 0.494. The van der Waals surface area contributed by atoms with Gasteiger partial charge in [0.25, 0.3) is 5.91 Å². The van der Waals surface area contributed by atoms with Crippen molar-refractivity contribution >= 4 is 40.5 Å². The molecule has 1 unspecified atom stereocenters. The second kappa shape index (κ2) is 9.71. The first-order chi connectivity index (χ1) is 14.4. The van der Waals surface area contributed by atoms with Crippen molar-refractivity contribution in [2.45, 2.75) is 46.1 Å². The van der Waals surface area contributed by atoms with E-state index in [4.69, 9.17) is 17.0 Å². The molecule has 2 amide bonds. The van der Waals surface area contributed by atoms with Crippen LogP contribution in [0.4, 0.5) is 11.4 Å². The summed E-state index contributed by atoms with van der Waals surface area (Å²) in [4.78, 5) is 24.6. The second-order valence-corrected chi connectivity index (χ2v) is 7.97. The smallest absolute Gasteiger partial charge is 0.257 e. The number of benzene rings is 2. The maximum Gasteiger partial charge on any atom is 0.257 e. The highest BCUT2D eigenvalue weighted by atomic mass is 32.1. The van der Waals surface area contributed by atoms with Gasteiger partial charge in [-0.1, -0.05) is 19.1 Å². The number of amides is 2. The summed E-state index contributed by atoms with van der Waals surface area (Å²) in [5, 5.41) is 8.81. The summed E-state index contributed by atoms with van der Waals surface area (Å²) in [6, 6.07) is 12.6. The number of hydrogen-bond donors (Lipinski definition) is 3. The third-order valence-electron chi connectivity index (χ3n) is 4.94. The van der Waals surface area contributed by atoms with E-state index in [9.17, 15) is 9.59 Å². The van der Waals surface area contributed by atoms with Crippen molar-refractivity contribution in [3.05, 3.63) is 53.6 Å². The van der Waals surface area contributed by atoms with Gasteiger partial charge in [0.15, 0.2) is 5.11 Å². The Kier molecular flexibility index (Phi) is 7.05. The topological polar surface area (TPSA) is 79.5 Å². The summed E-state index contributed by atoms with van der Waals surface area (Å²) >= 11 is 5.29. The van der Waals surface area contributed by atoms with Gasteiger partial charge in [-0.15, -0.1) is 0 Å². The van der Waals surface area contributed by atoms with Gasteiger partial charge in [0.1, 0.15) is 5.75 Å². The van der Waals surface area contributed by atoms with E-state index in [-0.39, 0.29) is 28.9 Å². The van der Waals surface area contributed by atoms with Crippen molar-refractivity contribution in [3.8, 4) is 5.75 Å². The van der Waals surface area contributed by atoms with Crippen LogP contribution in [0.3, 0.4) is 0 Å². The van der Waals surface area contributed by atoms with Crippen LogP contribution in [0, 0.1) is 12.8 Å². The van der Waals surface area contributed by atoms with Crippen LogP contribution in [0.2, 0.25) is 0 Å². The SMILES string of the molecule is CCC(C)Oc1cccc(C(=O)NC(=S)Nc2ccc(C)c(NC(=O)C3CC3)c2)c1. The Bertz CT molecular complexity index is 956. The molecule has 3 N–H and O–H groups in total. The van der Waals surface area contributed by atoms with E-state index in [1.807, 2.05) is 45.0 Å². The van der Waals surface area contributed by atoms with Gasteiger partial charge >= 0.3 is 0 Å². The Morgan fingerprint density at radius 3 is 2.63 bits per heavy atom. The van der Waals surface area contributed by atoms with Crippen LogP contribution in [-0.4, -0.2) is 23.0 Å². The Morgan fingerprint density at radius 2 is 1.93 bits per heavy atom. The Morgan fingerprint density at radius 1 is 1.17 bits per heavy atom. The molecule has 1 aliphatic rings. The molecule has 1 saturated carbocycles. The fourth-order valence-corrected chi connectivity index (χ4v) is 2.99.